The standard InChI is InChI=1S/C30H36BrN3O5S/c1-5-6-18-32-30(36)23(3)33(20-24-10-9-11-25(31)19-24)29(35)21-34(27-12-7-8-13-28(27)39-4)40(37,38)26-16-14-22(2)15-17-26/h7-17,19,23H,5-6,18,20-21H2,1-4H3,(H,32,36)/t23-/m1/s1. The number of amides is 2. The molecular weight excluding hydrogens is 594 g/mol. The lowest BCUT2D eigenvalue weighted by Gasteiger charge is -2.32. The van der Waals surface area contributed by atoms with E-state index in [1.165, 1.54) is 24.1 Å². The average molecular weight is 631 g/mol. The Balaban J connectivity index is 2.04. The normalized spacial score (nSPS) is 11.9. The van der Waals surface area contributed by atoms with Crippen molar-refractivity contribution >= 4 is 43.5 Å². The smallest absolute Gasteiger partial charge is 0.264 e. The van der Waals surface area contributed by atoms with E-state index in [4.69, 9.17) is 4.74 Å². The number of carbonyl (C=O) groups excluding carboxylic acids is 2. The van der Waals surface area contributed by atoms with Crippen LogP contribution in [0.15, 0.2) is 82.2 Å². The maximum Gasteiger partial charge on any atom is 0.264 e. The Morgan fingerprint density at radius 1 is 1.02 bits per heavy atom. The molecule has 10 heteroatoms. The summed E-state index contributed by atoms with van der Waals surface area (Å²) in [7, 11) is -2.73. The first-order valence-electron chi connectivity index (χ1n) is 13.1. The predicted molar refractivity (Wildman–Crippen MR) is 161 cm³/mol. The second kappa shape index (κ2) is 14.3. The van der Waals surface area contributed by atoms with E-state index >= 15 is 0 Å². The van der Waals surface area contributed by atoms with Crippen LogP contribution in [-0.4, -0.2) is 51.4 Å². The number of aryl methyl sites for hydroxylation is 1. The number of hydrogen-bond acceptors (Lipinski definition) is 5. The summed E-state index contributed by atoms with van der Waals surface area (Å²) in [5.74, 6) is -0.531. The molecular formula is C30H36BrN3O5S. The first-order chi connectivity index (χ1) is 19.1. The van der Waals surface area contributed by atoms with Crippen LogP contribution in [0, 0.1) is 6.92 Å². The van der Waals surface area contributed by atoms with Gasteiger partial charge in [0.15, 0.2) is 0 Å². The van der Waals surface area contributed by atoms with E-state index in [2.05, 4.69) is 21.2 Å². The van der Waals surface area contributed by atoms with Crippen molar-refractivity contribution in [3.8, 4) is 5.75 Å². The van der Waals surface area contributed by atoms with Gasteiger partial charge in [-0.15, -0.1) is 0 Å². The first-order valence-corrected chi connectivity index (χ1v) is 15.4. The van der Waals surface area contributed by atoms with Gasteiger partial charge >= 0.3 is 0 Å². The summed E-state index contributed by atoms with van der Waals surface area (Å²) >= 11 is 3.46. The van der Waals surface area contributed by atoms with E-state index in [1.807, 2.05) is 38.1 Å². The van der Waals surface area contributed by atoms with Crippen molar-refractivity contribution < 1.29 is 22.7 Å². The number of nitrogens with one attached hydrogen (secondary N) is 1. The summed E-state index contributed by atoms with van der Waals surface area (Å²) in [6.07, 6.45) is 1.73. The van der Waals surface area contributed by atoms with Gasteiger partial charge in [-0.2, -0.15) is 0 Å². The average Bonchev–Trinajstić information content (AvgIpc) is 2.94. The molecule has 3 rings (SSSR count). The lowest BCUT2D eigenvalue weighted by molar-refractivity contribution is -0.139. The van der Waals surface area contributed by atoms with Crippen molar-refractivity contribution in [3.05, 3.63) is 88.4 Å². The zero-order valence-electron chi connectivity index (χ0n) is 23.3. The third-order valence-electron chi connectivity index (χ3n) is 6.48. The van der Waals surface area contributed by atoms with Crippen LogP contribution >= 0.6 is 15.9 Å². The number of anilines is 1. The van der Waals surface area contributed by atoms with Crippen LogP contribution in [0.25, 0.3) is 0 Å². The molecule has 0 fully saturated rings. The molecule has 0 spiro atoms. The Morgan fingerprint density at radius 3 is 2.38 bits per heavy atom. The lowest BCUT2D eigenvalue weighted by atomic mass is 10.1. The monoisotopic (exact) mass is 629 g/mol. The zero-order chi connectivity index (χ0) is 29.3. The number of para-hydroxylation sites is 2. The van der Waals surface area contributed by atoms with E-state index in [-0.39, 0.29) is 23.0 Å². The largest absolute Gasteiger partial charge is 0.495 e. The summed E-state index contributed by atoms with van der Waals surface area (Å²) in [6.45, 7) is 5.62. The van der Waals surface area contributed by atoms with Gasteiger partial charge in [0.1, 0.15) is 18.3 Å². The SMILES string of the molecule is CCCCNC(=O)[C@@H](C)N(Cc1cccc(Br)c1)C(=O)CN(c1ccccc1OC)S(=O)(=O)c1ccc(C)cc1. The van der Waals surface area contributed by atoms with Crippen molar-refractivity contribution in [3.63, 3.8) is 0 Å². The van der Waals surface area contributed by atoms with Gasteiger partial charge in [-0.1, -0.05) is 71.2 Å². The molecule has 0 saturated carbocycles. The topological polar surface area (TPSA) is 96.0 Å². The molecule has 8 nitrogen and oxygen atoms in total. The van der Waals surface area contributed by atoms with Crippen LogP contribution in [0.1, 0.15) is 37.8 Å². The number of methoxy groups -OCH3 is 1. The van der Waals surface area contributed by atoms with E-state index in [0.29, 0.717) is 12.3 Å². The molecule has 0 saturated heterocycles. The minimum absolute atomic E-state index is 0.0423. The second-order valence-corrected chi connectivity index (χ2v) is 12.2. The first kappa shape index (κ1) is 31.2. The highest BCUT2D eigenvalue weighted by Gasteiger charge is 2.33. The van der Waals surface area contributed by atoms with Gasteiger partial charge in [0.2, 0.25) is 11.8 Å². The number of sulfonamides is 1. The minimum Gasteiger partial charge on any atom is -0.495 e. The van der Waals surface area contributed by atoms with E-state index in [9.17, 15) is 18.0 Å². The van der Waals surface area contributed by atoms with Gasteiger partial charge in [-0.3, -0.25) is 13.9 Å². The van der Waals surface area contributed by atoms with Crippen molar-refractivity contribution in [2.24, 2.45) is 0 Å². The van der Waals surface area contributed by atoms with Crippen molar-refractivity contribution in [1.29, 1.82) is 0 Å². The quantitative estimate of drug-likeness (QED) is 0.259. The third kappa shape index (κ3) is 7.85. The number of ether oxygens (including phenoxy) is 1. The van der Waals surface area contributed by atoms with E-state index in [0.717, 1.165) is 32.7 Å². The summed E-state index contributed by atoms with van der Waals surface area (Å²) < 4.78 is 35.3. The lowest BCUT2D eigenvalue weighted by Crippen LogP contribution is -2.51. The molecule has 0 aliphatic rings. The predicted octanol–water partition coefficient (Wildman–Crippen LogP) is 5.30. The van der Waals surface area contributed by atoms with Gasteiger partial charge in [0.25, 0.3) is 10.0 Å². The number of halogens is 1. The molecule has 0 aliphatic carbocycles. The zero-order valence-corrected chi connectivity index (χ0v) is 25.7. The van der Waals surface area contributed by atoms with Crippen LogP contribution in [0.2, 0.25) is 0 Å². The molecule has 40 heavy (non-hydrogen) atoms. The molecule has 214 valence electrons. The number of unbranched alkanes of at least 4 members (excludes halogenated alkanes) is 1. The highest BCUT2D eigenvalue weighted by atomic mass is 79.9. The fourth-order valence-corrected chi connectivity index (χ4v) is 6.01. The molecule has 0 heterocycles. The Bertz CT molecular complexity index is 1410. The van der Waals surface area contributed by atoms with Gasteiger partial charge in [0, 0.05) is 17.6 Å². The van der Waals surface area contributed by atoms with Crippen LogP contribution < -0.4 is 14.4 Å². The molecule has 0 aliphatic heterocycles. The van der Waals surface area contributed by atoms with Crippen LogP contribution in [0.3, 0.4) is 0 Å². The summed E-state index contributed by atoms with van der Waals surface area (Å²) in [5.41, 5.74) is 1.92. The van der Waals surface area contributed by atoms with Crippen LogP contribution in [0.5, 0.6) is 5.75 Å². The molecule has 0 bridgehead atoms. The summed E-state index contributed by atoms with van der Waals surface area (Å²) in [6, 6.07) is 19.7. The van der Waals surface area contributed by atoms with Crippen molar-refractivity contribution in [2.75, 3.05) is 24.5 Å². The molecule has 1 N–H and O–H groups in total. The fraction of sp³-hybridized carbons (Fsp3) is 0.333. The number of rotatable bonds is 13. The van der Waals surface area contributed by atoms with Crippen LogP contribution in [-0.2, 0) is 26.2 Å². The van der Waals surface area contributed by atoms with Crippen LogP contribution in [0.4, 0.5) is 5.69 Å². The number of hydrogen-bond donors (Lipinski definition) is 1. The maximum absolute atomic E-state index is 14.0. The van der Waals surface area contributed by atoms with Gasteiger partial charge in [-0.05, 0) is 62.2 Å². The molecule has 2 amide bonds. The highest BCUT2D eigenvalue weighted by Crippen LogP contribution is 2.32. The molecule has 3 aromatic carbocycles. The Kier molecular flexibility index (Phi) is 11.2. The number of nitrogens with zero attached hydrogens (tertiary/aromatic N) is 2. The Labute approximate surface area is 245 Å². The molecule has 1 atom stereocenters. The number of carbonyl (C=O) groups is 2. The fourth-order valence-electron chi connectivity index (χ4n) is 4.14. The van der Waals surface area contributed by atoms with Gasteiger partial charge in [0.05, 0.1) is 17.7 Å². The Morgan fingerprint density at radius 2 is 1.73 bits per heavy atom. The minimum atomic E-state index is -4.18. The van der Waals surface area contributed by atoms with Gasteiger partial charge < -0.3 is 15.0 Å². The maximum atomic E-state index is 14.0. The molecule has 0 unspecified atom stereocenters. The summed E-state index contributed by atoms with van der Waals surface area (Å²) in [5, 5.41) is 2.89. The van der Waals surface area contributed by atoms with Crippen molar-refractivity contribution in [1.82, 2.24) is 10.2 Å². The second-order valence-electron chi connectivity index (χ2n) is 9.47. The highest BCUT2D eigenvalue weighted by molar-refractivity contribution is 9.10. The number of benzene rings is 3. The van der Waals surface area contributed by atoms with Gasteiger partial charge in [-0.25, -0.2) is 8.42 Å². The third-order valence-corrected chi connectivity index (χ3v) is 8.75. The Hall–Kier alpha value is -3.37. The van der Waals surface area contributed by atoms with E-state index in [1.54, 1.807) is 43.3 Å². The molecule has 3 aromatic rings. The van der Waals surface area contributed by atoms with E-state index < -0.39 is 28.5 Å². The van der Waals surface area contributed by atoms with Crippen molar-refractivity contribution in [2.45, 2.75) is 51.1 Å². The molecule has 0 aromatic heterocycles. The summed E-state index contributed by atoms with van der Waals surface area (Å²) in [4.78, 5) is 28.5. The molecule has 0 radical (unpaired) electrons.